The zero-order chi connectivity index (χ0) is 6.69. The first-order chi connectivity index (χ1) is 4.45. The van der Waals surface area contributed by atoms with Crippen LogP contribution in [0.3, 0.4) is 0 Å². The Morgan fingerprint density at radius 1 is 1.00 bits per heavy atom. The molecule has 0 amide bonds. The molecule has 0 saturated carbocycles. The van der Waals surface area contributed by atoms with Crippen LogP contribution in [0.5, 0.6) is 0 Å². The van der Waals surface area contributed by atoms with Gasteiger partial charge in [0.15, 0.2) is 0 Å². The van der Waals surface area contributed by atoms with Crippen molar-refractivity contribution in [3.8, 4) is 0 Å². The second-order valence-electron chi connectivity index (χ2n) is 1.99. The van der Waals surface area contributed by atoms with E-state index in [0.29, 0.717) is 0 Å². The minimum atomic E-state index is 1.19. The molecule has 0 heterocycles. The molecule has 4 N–H and O–H groups in total. The number of hydrogen-bond donors (Lipinski definition) is 2. The zero-order valence-electron chi connectivity index (χ0n) is 5.17. The van der Waals surface area contributed by atoms with Gasteiger partial charge in [-0.3, -0.25) is 11.7 Å². The molecule has 0 saturated heterocycles. The molecule has 0 aromatic carbocycles. The van der Waals surface area contributed by atoms with E-state index in [1.54, 1.807) is 0 Å². The van der Waals surface area contributed by atoms with Gasteiger partial charge in [0.2, 0.25) is 0 Å². The van der Waals surface area contributed by atoms with Gasteiger partial charge in [-0.1, -0.05) is 24.3 Å². The first-order valence-corrected chi connectivity index (χ1v) is 2.86. The van der Waals surface area contributed by atoms with Crippen molar-refractivity contribution in [3.05, 3.63) is 35.5 Å². The van der Waals surface area contributed by atoms with Crippen LogP contribution in [-0.4, -0.2) is 0 Å². The second kappa shape index (κ2) is 2.62. The fourth-order valence-electron chi connectivity index (χ4n) is 1.01. The topological polar surface area (TPSA) is 52.0 Å². The maximum atomic E-state index is 4.00. The van der Waals surface area contributed by atoms with Crippen LogP contribution in [0.1, 0.15) is 6.42 Å². The molecule has 0 spiro atoms. The molecule has 9 heavy (non-hydrogen) atoms. The Labute approximate surface area is 54.5 Å². The molecule has 48 valence electrons. The van der Waals surface area contributed by atoms with Gasteiger partial charge in [-0.25, -0.2) is 0 Å². The van der Waals surface area contributed by atoms with E-state index in [2.05, 4.69) is 36.0 Å². The van der Waals surface area contributed by atoms with E-state index in [-0.39, 0.29) is 0 Å². The molecule has 2 nitrogen and oxygen atoms in total. The molecule has 0 aliphatic heterocycles. The third kappa shape index (κ3) is 1.09. The van der Waals surface area contributed by atoms with Gasteiger partial charge in [-0.2, -0.15) is 0 Å². The van der Waals surface area contributed by atoms with Crippen LogP contribution >= 0.6 is 0 Å². The van der Waals surface area contributed by atoms with Gasteiger partial charge in [0.05, 0.1) is 0 Å². The van der Waals surface area contributed by atoms with Gasteiger partial charge in [0.25, 0.3) is 0 Å². The van der Waals surface area contributed by atoms with Gasteiger partial charge >= 0.3 is 0 Å². The van der Waals surface area contributed by atoms with Gasteiger partial charge < -0.3 is 0 Å². The lowest BCUT2D eigenvalue weighted by molar-refractivity contribution is 1.26. The highest BCUT2D eigenvalue weighted by Crippen LogP contribution is 2.27. The van der Waals surface area contributed by atoms with Crippen LogP contribution in [0.2, 0.25) is 0 Å². The van der Waals surface area contributed by atoms with Crippen molar-refractivity contribution in [2.45, 2.75) is 6.42 Å². The van der Waals surface area contributed by atoms with Crippen molar-refractivity contribution in [1.82, 2.24) is 0 Å². The van der Waals surface area contributed by atoms with Crippen LogP contribution in [0, 0.1) is 0 Å². The highest BCUT2D eigenvalue weighted by Gasteiger charge is 2.07. The molecule has 2 aliphatic carbocycles. The van der Waals surface area contributed by atoms with Gasteiger partial charge in [0.1, 0.15) is 0 Å². The maximum absolute atomic E-state index is 4.00. The Hall–Kier alpha value is -0.860. The quantitative estimate of drug-likeness (QED) is 0.366. The van der Waals surface area contributed by atoms with E-state index in [4.69, 9.17) is 0 Å². The number of nitrogens with two attached hydrogens (primary N) is 2. The van der Waals surface area contributed by atoms with Crippen LogP contribution in [0.25, 0.3) is 0 Å². The highest BCUT2D eigenvalue weighted by atomic mass is 15.0. The Balaban J connectivity index is 0.000000186. The van der Waals surface area contributed by atoms with Crippen molar-refractivity contribution in [2.75, 3.05) is 0 Å². The highest BCUT2D eigenvalue weighted by molar-refractivity contribution is 5.49. The summed E-state index contributed by atoms with van der Waals surface area (Å²) >= 11 is 0. The lowest BCUT2D eigenvalue weighted by Crippen LogP contribution is -2.02. The minimum Gasteiger partial charge on any atom is -0.274 e. The Morgan fingerprint density at radius 2 is 1.44 bits per heavy atom. The fraction of sp³-hybridized carbons (Fsp3) is 0.143. The SMILES string of the molecule is C1=CC2=CC=C1C2.NN. The zero-order valence-corrected chi connectivity index (χ0v) is 5.17. The Morgan fingerprint density at radius 3 is 1.56 bits per heavy atom. The molecule has 2 heteroatoms. The minimum absolute atomic E-state index is 1.19. The largest absolute Gasteiger partial charge is 0.274 e. The molecule has 0 fully saturated rings. The predicted molar refractivity (Wildman–Crippen MR) is 38.3 cm³/mol. The molecule has 2 rings (SSSR count). The summed E-state index contributed by atoms with van der Waals surface area (Å²) in [4.78, 5) is 0. The summed E-state index contributed by atoms with van der Waals surface area (Å²) in [6.45, 7) is 0. The van der Waals surface area contributed by atoms with Crippen molar-refractivity contribution in [1.29, 1.82) is 0 Å². The molecule has 0 aromatic rings. The van der Waals surface area contributed by atoms with E-state index in [9.17, 15) is 0 Å². The first-order valence-electron chi connectivity index (χ1n) is 2.86. The smallest absolute Gasteiger partial charge is 0.00258 e. The lowest BCUT2D eigenvalue weighted by atomic mass is 10.3. The number of rotatable bonds is 0. The fourth-order valence-corrected chi connectivity index (χ4v) is 1.01. The maximum Gasteiger partial charge on any atom is -0.00258 e. The van der Waals surface area contributed by atoms with Gasteiger partial charge in [-0.05, 0) is 17.6 Å². The number of fused-ring (bicyclic) bond motifs is 2. The van der Waals surface area contributed by atoms with Crippen molar-refractivity contribution in [3.63, 3.8) is 0 Å². The summed E-state index contributed by atoms with van der Waals surface area (Å²) < 4.78 is 0. The molecular formula is C7H10N2. The van der Waals surface area contributed by atoms with Gasteiger partial charge in [-0.15, -0.1) is 0 Å². The van der Waals surface area contributed by atoms with E-state index >= 15 is 0 Å². The van der Waals surface area contributed by atoms with E-state index in [1.165, 1.54) is 17.6 Å². The van der Waals surface area contributed by atoms with E-state index in [0.717, 1.165) is 0 Å². The molecule has 0 radical (unpaired) electrons. The monoisotopic (exact) mass is 122 g/mol. The van der Waals surface area contributed by atoms with Crippen LogP contribution in [-0.2, 0) is 0 Å². The van der Waals surface area contributed by atoms with E-state index in [1.807, 2.05) is 0 Å². The summed E-state index contributed by atoms with van der Waals surface area (Å²) in [5.74, 6) is 8.00. The molecule has 0 unspecified atom stereocenters. The van der Waals surface area contributed by atoms with Crippen molar-refractivity contribution in [2.24, 2.45) is 11.7 Å². The van der Waals surface area contributed by atoms with Gasteiger partial charge in [0, 0.05) is 0 Å². The third-order valence-electron chi connectivity index (χ3n) is 1.43. The predicted octanol–water partition coefficient (Wildman–Crippen LogP) is 0.632. The summed E-state index contributed by atoms with van der Waals surface area (Å²) in [6, 6.07) is 0. The van der Waals surface area contributed by atoms with Crippen molar-refractivity contribution < 1.29 is 0 Å². The van der Waals surface area contributed by atoms with Crippen LogP contribution in [0.4, 0.5) is 0 Å². The Kier molecular flexibility index (Phi) is 1.82. The standard InChI is InChI=1S/C7H6.H4N2/c1-2-7-4-3-6(1)5-7;1-2/h1-4H,5H2;1-2H2. The number of hydrazine groups is 1. The average molecular weight is 122 g/mol. The number of allylic oxidation sites excluding steroid dienone is 6. The normalized spacial score (nSPS) is 18.4. The average Bonchev–Trinajstić information content (AvgIpc) is 2.53. The Bertz CT molecular complexity index is 167. The van der Waals surface area contributed by atoms with Crippen LogP contribution in [0.15, 0.2) is 35.5 Å². The second-order valence-corrected chi connectivity index (χ2v) is 1.99. The summed E-state index contributed by atoms with van der Waals surface area (Å²) in [5.41, 5.74) is 2.94. The van der Waals surface area contributed by atoms with Crippen molar-refractivity contribution >= 4 is 0 Å². The third-order valence-corrected chi connectivity index (χ3v) is 1.43. The lowest BCUT2D eigenvalue weighted by Gasteiger charge is -1.77. The molecular weight excluding hydrogens is 112 g/mol. The summed E-state index contributed by atoms with van der Waals surface area (Å²) in [5, 5.41) is 0. The summed E-state index contributed by atoms with van der Waals surface area (Å²) in [6.07, 6.45) is 9.90. The molecule has 0 aromatic heterocycles. The summed E-state index contributed by atoms with van der Waals surface area (Å²) in [7, 11) is 0. The molecule has 2 bridgehead atoms. The number of hydrogen-bond acceptors (Lipinski definition) is 2. The molecule has 0 atom stereocenters. The van der Waals surface area contributed by atoms with Crippen LogP contribution < -0.4 is 11.7 Å². The van der Waals surface area contributed by atoms with E-state index < -0.39 is 0 Å². The first kappa shape index (κ1) is 6.26. The molecule has 2 aliphatic rings.